The van der Waals surface area contributed by atoms with E-state index in [4.69, 9.17) is 4.74 Å². The molecule has 1 aliphatic carbocycles. The highest BCUT2D eigenvalue weighted by atomic mass is 16.5. The van der Waals surface area contributed by atoms with Crippen LogP contribution in [0.5, 0.6) is 5.75 Å². The summed E-state index contributed by atoms with van der Waals surface area (Å²) in [6.45, 7) is 8.01. The molecular weight excluding hydrogens is 324 g/mol. The van der Waals surface area contributed by atoms with Crippen LogP contribution in [0.1, 0.15) is 26.7 Å². The molecule has 0 aromatic heterocycles. The summed E-state index contributed by atoms with van der Waals surface area (Å²) in [5, 5.41) is 6.37. The Labute approximate surface area is 154 Å². The molecule has 1 aliphatic rings. The van der Waals surface area contributed by atoms with E-state index in [1.165, 1.54) is 0 Å². The van der Waals surface area contributed by atoms with Crippen LogP contribution in [0.15, 0.2) is 71.4 Å². The van der Waals surface area contributed by atoms with E-state index in [1.807, 2.05) is 56.3 Å². The Hall–Kier alpha value is -2.88. The number of nitrogens with zero attached hydrogens (tertiary/aromatic N) is 1. The summed E-state index contributed by atoms with van der Waals surface area (Å²) in [5.41, 5.74) is 5.77. The molecule has 0 saturated carbocycles. The topological polar surface area (TPSA) is 50.7 Å². The lowest BCUT2D eigenvalue weighted by atomic mass is 9.85. The molecule has 4 nitrogen and oxygen atoms in total. The van der Waals surface area contributed by atoms with E-state index in [2.05, 4.69) is 23.2 Å². The fraction of sp³-hybridized carbons (Fsp3) is 0.273. The molecule has 0 spiro atoms. The Balaban J connectivity index is 1.61. The van der Waals surface area contributed by atoms with Gasteiger partial charge in [0.15, 0.2) is 6.61 Å². The monoisotopic (exact) mass is 348 g/mol. The van der Waals surface area contributed by atoms with Crippen molar-refractivity contribution in [2.24, 2.45) is 11.0 Å². The van der Waals surface area contributed by atoms with Crippen LogP contribution in [0.3, 0.4) is 0 Å². The molecule has 0 bridgehead atoms. The Kier molecular flexibility index (Phi) is 5.52. The van der Waals surface area contributed by atoms with Gasteiger partial charge in [-0.25, -0.2) is 5.43 Å². The van der Waals surface area contributed by atoms with E-state index in [0.717, 1.165) is 40.5 Å². The van der Waals surface area contributed by atoms with Crippen molar-refractivity contribution in [2.45, 2.75) is 26.7 Å². The molecule has 26 heavy (non-hydrogen) atoms. The molecule has 1 N–H and O–H groups in total. The number of hydrogen-bond acceptors (Lipinski definition) is 3. The third-order valence-corrected chi connectivity index (χ3v) is 4.72. The van der Waals surface area contributed by atoms with Gasteiger partial charge in [0.25, 0.3) is 5.91 Å². The van der Waals surface area contributed by atoms with E-state index in [0.29, 0.717) is 11.7 Å². The number of allylic oxidation sites excluding steroid dienone is 3. The van der Waals surface area contributed by atoms with Crippen molar-refractivity contribution in [3.05, 3.63) is 66.3 Å². The van der Waals surface area contributed by atoms with Gasteiger partial charge in [0.1, 0.15) is 5.75 Å². The van der Waals surface area contributed by atoms with E-state index >= 15 is 0 Å². The van der Waals surface area contributed by atoms with Crippen LogP contribution in [0.2, 0.25) is 0 Å². The van der Waals surface area contributed by atoms with Gasteiger partial charge in [-0.15, -0.1) is 0 Å². The van der Waals surface area contributed by atoms with Crippen molar-refractivity contribution < 1.29 is 9.53 Å². The molecule has 2 aromatic carbocycles. The van der Waals surface area contributed by atoms with Crippen LogP contribution in [-0.2, 0) is 4.79 Å². The van der Waals surface area contributed by atoms with Crippen molar-refractivity contribution in [2.75, 3.05) is 6.61 Å². The second kappa shape index (κ2) is 8.00. The van der Waals surface area contributed by atoms with Gasteiger partial charge >= 0.3 is 0 Å². The zero-order chi connectivity index (χ0) is 18.5. The van der Waals surface area contributed by atoms with Crippen LogP contribution < -0.4 is 10.2 Å². The first-order chi connectivity index (χ1) is 12.5. The van der Waals surface area contributed by atoms with E-state index in [1.54, 1.807) is 0 Å². The maximum atomic E-state index is 12.1. The number of amides is 1. The van der Waals surface area contributed by atoms with Crippen molar-refractivity contribution in [1.29, 1.82) is 0 Å². The second-order valence-electron chi connectivity index (χ2n) is 6.73. The molecule has 2 aromatic rings. The molecule has 4 heteroatoms. The molecule has 0 saturated heterocycles. The minimum absolute atomic E-state index is 0.0720. The van der Waals surface area contributed by atoms with Crippen molar-refractivity contribution in [3.63, 3.8) is 0 Å². The van der Waals surface area contributed by atoms with Gasteiger partial charge in [-0.3, -0.25) is 4.79 Å². The molecule has 1 atom stereocenters. The standard InChI is InChI=1S/C22H24N2O2/c1-15(2)18-12-11-16(3)20(13-18)23-24-22(25)14-26-21-10-6-8-17-7-4-5-9-19(17)21/h4-11,18H,1,12-14H2,2-3H3,(H,24,25)/t18-/m0/s1. The van der Waals surface area contributed by atoms with Crippen LogP contribution in [0.25, 0.3) is 10.8 Å². The predicted octanol–water partition coefficient (Wildman–Crippen LogP) is 4.62. The zero-order valence-corrected chi connectivity index (χ0v) is 15.3. The number of benzene rings is 2. The minimum Gasteiger partial charge on any atom is -0.483 e. The molecule has 0 radical (unpaired) electrons. The van der Waals surface area contributed by atoms with Crippen LogP contribution in [0, 0.1) is 5.92 Å². The highest BCUT2D eigenvalue weighted by Crippen LogP contribution is 2.26. The van der Waals surface area contributed by atoms with E-state index in [-0.39, 0.29) is 12.5 Å². The second-order valence-corrected chi connectivity index (χ2v) is 6.73. The molecule has 3 rings (SSSR count). The van der Waals surface area contributed by atoms with Gasteiger partial charge in [0.2, 0.25) is 0 Å². The van der Waals surface area contributed by atoms with Gasteiger partial charge in [-0.05, 0) is 49.6 Å². The first-order valence-corrected chi connectivity index (χ1v) is 8.83. The smallest absolute Gasteiger partial charge is 0.277 e. The predicted molar refractivity (Wildman–Crippen MR) is 106 cm³/mol. The fourth-order valence-electron chi connectivity index (χ4n) is 3.05. The third-order valence-electron chi connectivity index (χ3n) is 4.72. The third kappa shape index (κ3) is 4.20. The average molecular weight is 348 g/mol. The van der Waals surface area contributed by atoms with Gasteiger partial charge in [-0.1, -0.05) is 54.6 Å². The molecule has 0 aliphatic heterocycles. The highest BCUT2D eigenvalue weighted by molar-refractivity contribution is 6.01. The van der Waals surface area contributed by atoms with Gasteiger partial charge in [0, 0.05) is 5.39 Å². The zero-order valence-electron chi connectivity index (χ0n) is 15.3. The van der Waals surface area contributed by atoms with Gasteiger partial charge < -0.3 is 4.74 Å². The number of nitrogens with one attached hydrogen (secondary N) is 1. The van der Waals surface area contributed by atoms with Crippen LogP contribution in [0.4, 0.5) is 0 Å². The lowest BCUT2D eigenvalue weighted by Crippen LogP contribution is -2.27. The summed E-state index contributed by atoms with van der Waals surface area (Å²) in [7, 11) is 0. The Morgan fingerprint density at radius 1 is 1.27 bits per heavy atom. The van der Waals surface area contributed by atoms with Crippen molar-refractivity contribution in [1.82, 2.24) is 5.43 Å². The Morgan fingerprint density at radius 2 is 2.04 bits per heavy atom. The average Bonchev–Trinajstić information content (AvgIpc) is 2.65. The van der Waals surface area contributed by atoms with Crippen LogP contribution >= 0.6 is 0 Å². The number of carbonyl (C=O) groups excluding carboxylic acids is 1. The normalized spacial score (nSPS) is 18.5. The number of ether oxygens (including phenoxy) is 1. The fourth-order valence-corrected chi connectivity index (χ4v) is 3.05. The largest absolute Gasteiger partial charge is 0.483 e. The number of rotatable bonds is 5. The summed E-state index contributed by atoms with van der Waals surface area (Å²) in [4.78, 5) is 12.1. The molecule has 0 fully saturated rings. The quantitative estimate of drug-likeness (QED) is 0.633. The lowest BCUT2D eigenvalue weighted by Gasteiger charge is -2.22. The number of hydrogen-bond donors (Lipinski definition) is 1. The maximum absolute atomic E-state index is 12.1. The van der Waals surface area contributed by atoms with Crippen molar-refractivity contribution >= 4 is 22.4 Å². The summed E-state index contributed by atoms with van der Waals surface area (Å²) in [6.07, 6.45) is 3.95. The van der Waals surface area contributed by atoms with Crippen molar-refractivity contribution in [3.8, 4) is 5.75 Å². The first kappa shape index (κ1) is 17.9. The Morgan fingerprint density at radius 3 is 2.85 bits per heavy atom. The van der Waals surface area contributed by atoms with E-state index < -0.39 is 0 Å². The summed E-state index contributed by atoms with van der Waals surface area (Å²) < 4.78 is 5.70. The molecule has 1 amide bonds. The summed E-state index contributed by atoms with van der Waals surface area (Å²) in [5.74, 6) is 0.818. The first-order valence-electron chi connectivity index (χ1n) is 8.83. The molecule has 0 unspecified atom stereocenters. The SMILES string of the molecule is C=C(C)[C@H]1CC=C(C)C(=NNC(=O)COc2cccc3ccccc23)C1. The summed E-state index contributed by atoms with van der Waals surface area (Å²) in [6, 6.07) is 13.7. The number of carbonyl (C=O) groups is 1. The van der Waals surface area contributed by atoms with Gasteiger partial charge in [-0.2, -0.15) is 5.10 Å². The maximum Gasteiger partial charge on any atom is 0.277 e. The minimum atomic E-state index is -0.268. The lowest BCUT2D eigenvalue weighted by molar-refractivity contribution is -0.123. The molecule has 134 valence electrons. The number of fused-ring (bicyclic) bond motifs is 1. The Bertz CT molecular complexity index is 891. The molecular formula is C22H24N2O2. The van der Waals surface area contributed by atoms with Gasteiger partial charge in [0.05, 0.1) is 5.71 Å². The van der Waals surface area contributed by atoms with E-state index in [9.17, 15) is 4.79 Å². The highest BCUT2D eigenvalue weighted by Gasteiger charge is 2.18. The van der Waals surface area contributed by atoms with Crippen LogP contribution in [-0.4, -0.2) is 18.2 Å². The number of hydrazone groups is 1. The molecule has 0 heterocycles. The summed E-state index contributed by atoms with van der Waals surface area (Å²) >= 11 is 0.